The number of aromatic hydroxyl groups is 3. The molecule has 1 aromatic carbocycles. The molecule has 0 saturated carbocycles. The van der Waals surface area contributed by atoms with E-state index in [0.717, 1.165) is 0 Å². The standard InChI is InChI=1S/C34H42O12/c1-8-11-20(37)21-25(39)14(12-16-27(41)22(18(35)9-2)31(45)33(4,5)29(16)43)24(38)15(26(21)40)13-17-28(42)23(19(36)10-3)32(46)34(6,7)30(17)44/h27,38-45H,8-13H2,1-7H3. The molecule has 0 aliphatic heterocycles. The van der Waals surface area contributed by atoms with Crippen molar-refractivity contribution in [1.82, 2.24) is 0 Å². The summed E-state index contributed by atoms with van der Waals surface area (Å²) in [5.74, 6) is -8.26. The van der Waals surface area contributed by atoms with Crippen molar-refractivity contribution in [3.63, 3.8) is 0 Å². The van der Waals surface area contributed by atoms with Crippen LogP contribution in [0.3, 0.4) is 0 Å². The number of Topliss-reactive ketones (excluding diaryl/α,β-unsaturated/α-hetero) is 4. The Morgan fingerprint density at radius 2 is 1.20 bits per heavy atom. The summed E-state index contributed by atoms with van der Waals surface area (Å²) in [6.45, 7) is 10.0. The third kappa shape index (κ3) is 5.55. The summed E-state index contributed by atoms with van der Waals surface area (Å²) in [5.41, 5.74) is -6.51. The lowest BCUT2D eigenvalue weighted by Gasteiger charge is -2.35. The predicted octanol–water partition coefficient (Wildman–Crippen LogP) is 5.09. The Morgan fingerprint density at radius 3 is 1.70 bits per heavy atom. The van der Waals surface area contributed by atoms with Gasteiger partial charge in [-0.1, -0.05) is 20.8 Å². The van der Waals surface area contributed by atoms with Gasteiger partial charge in [0, 0.05) is 54.4 Å². The van der Waals surface area contributed by atoms with E-state index >= 15 is 0 Å². The fourth-order valence-electron chi connectivity index (χ4n) is 5.85. The second-order valence-corrected chi connectivity index (χ2v) is 12.6. The first-order valence-corrected chi connectivity index (χ1v) is 15.1. The van der Waals surface area contributed by atoms with E-state index in [2.05, 4.69) is 0 Å². The van der Waals surface area contributed by atoms with Gasteiger partial charge in [-0.05, 0) is 34.1 Å². The zero-order valence-corrected chi connectivity index (χ0v) is 27.0. The SMILES string of the molecule is CCCC(=O)c1c(O)c(CC2=C(O)C(C)(C)C(=O)C(C(=O)CC)=C2O)c(O)c(CC2=C(O)C(C)(C)C(O)=C(C(=O)CC)C2O)c1O. The monoisotopic (exact) mass is 642 g/mol. The number of phenolic OH excluding ortho intramolecular Hbond substituents is 3. The number of hydrogen-bond acceptors (Lipinski definition) is 12. The second kappa shape index (κ2) is 12.7. The Hall–Kier alpha value is -4.58. The molecule has 0 fully saturated rings. The lowest BCUT2D eigenvalue weighted by molar-refractivity contribution is -0.127. The molecule has 12 nitrogen and oxygen atoms in total. The van der Waals surface area contributed by atoms with Gasteiger partial charge in [-0.3, -0.25) is 19.2 Å². The molecule has 2 aliphatic carbocycles. The number of phenols is 3. The van der Waals surface area contributed by atoms with Crippen LogP contribution in [0.1, 0.15) is 95.6 Å². The molecule has 8 N–H and O–H groups in total. The summed E-state index contributed by atoms with van der Waals surface area (Å²) in [7, 11) is 0. The molecular formula is C34H42O12. The van der Waals surface area contributed by atoms with E-state index in [-0.39, 0.29) is 24.8 Å². The molecule has 12 heteroatoms. The first-order chi connectivity index (χ1) is 21.2. The Morgan fingerprint density at radius 1 is 0.674 bits per heavy atom. The minimum Gasteiger partial charge on any atom is -0.511 e. The number of aliphatic hydroxyl groups excluding tert-OH is 5. The minimum absolute atomic E-state index is 0.104. The summed E-state index contributed by atoms with van der Waals surface area (Å²) in [6.07, 6.45) is -3.41. The van der Waals surface area contributed by atoms with Gasteiger partial charge in [-0.2, -0.15) is 0 Å². The van der Waals surface area contributed by atoms with Crippen LogP contribution in [0.25, 0.3) is 0 Å². The Labute approximate surface area is 266 Å². The van der Waals surface area contributed by atoms with Crippen LogP contribution in [-0.4, -0.2) is 70.1 Å². The highest BCUT2D eigenvalue weighted by Crippen LogP contribution is 2.50. The Bertz CT molecular complexity index is 1660. The van der Waals surface area contributed by atoms with Gasteiger partial charge < -0.3 is 40.9 Å². The highest BCUT2D eigenvalue weighted by Gasteiger charge is 2.46. The Kier molecular flexibility index (Phi) is 9.88. The van der Waals surface area contributed by atoms with Gasteiger partial charge in [0.2, 0.25) is 0 Å². The van der Waals surface area contributed by atoms with Crippen molar-refractivity contribution in [2.75, 3.05) is 0 Å². The van der Waals surface area contributed by atoms with Crippen LogP contribution in [0.4, 0.5) is 0 Å². The lowest BCUT2D eigenvalue weighted by atomic mass is 9.72. The maximum Gasteiger partial charge on any atom is 0.183 e. The molecule has 1 unspecified atom stereocenters. The van der Waals surface area contributed by atoms with E-state index < -0.39 is 127 Å². The average molecular weight is 643 g/mol. The smallest absolute Gasteiger partial charge is 0.183 e. The largest absolute Gasteiger partial charge is 0.511 e. The maximum absolute atomic E-state index is 13.2. The summed E-state index contributed by atoms with van der Waals surface area (Å²) < 4.78 is 0. The number of carbonyl (C=O) groups excluding carboxylic acids is 4. The summed E-state index contributed by atoms with van der Waals surface area (Å²) >= 11 is 0. The van der Waals surface area contributed by atoms with Crippen molar-refractivity contribution in [2.45, 2.75) is 93.1 Å². The summed E-state index contributed by atoms with van der Waals surface area (Å²) in [4.78, 5) is 51.6. The van der Waals surface area contributed by atoms with Gasteiger partial charge in [0.25, 0.3) is 0 Å². The van der Waals surface area contributed by atoms with Crippen molar-refractivity contribution in [3.05, 3.63) is 62.0 Å². The summed E-state index contributed by atoms with van der Waals surface area (Å²) in [5, 5.41) is 89.3. The van der Waals surface area contributed by atoms with Crippen molar-refractivity contribution < 1.29 is 60.0 Å². The minimum atomic E-state index is -1.88. The quantitative estimate of drug-likeness (QED) is 0.117. The molecule has 2 aliphatic rings. The number of rotatable bonds is 11. The third-order valence-electron chi connectivity index (χ3n) is 8.86. The second-order valence-electron chi connectivity index (χ2n) is 12.6. The zero-order chi connectivity index (χ0) is 35.2. The van der Waals surface area contributed by atoms with E-state index in [0.29, 0.717) is 6.42 Å². The number of aliphatic hydroxyl groups is 5. The third-order valence-corrected chi connectivity index (χ3v) is 8.86. The maximum atomic E-state index is 13.2. The fourth-order valence-corrected chi connectivity index (χ4v) is 5.85. The number of ketones is 4. The van der Waals surface area contributed by atoms with E-state index in [1.807, 2.05) is 0 Å². The van der Waals surface area contributed by atoms with Crippen LogP contribution in [-0.2, 0) is 27.2 Å². The van der Waals surface area contributed by atoms with Gasteiger partial charge in [-0.15, -0.1) is 0 Å². The number of hydrogen-bond donors (Lipinski definition) is 8. The van der Waals surface area contributed by atoms with E-state index in [1.165, 1.54) is 41.5 Å². The van der Waals surface area contributed by atoms with Crippen molar-refractivity contribution in [1.29, 1.82) is 0 Å². The summed E-state index contributed by atoms with van der Waals surface area (Å²) in [6, 6.07) is 0. The van der Waals surface area contributed by atoms with E-state index in [4.69, 9.17) is 0 Å². The lowest BCUT2D eigenvalue weighted by Crippen LogP contribution is -2.36. The Balaban J connectivity index is 2.37. The molecule has 0 bridgehead atoms. The zero-order valence-electron chi connectivity index (χ0n) is 27.0. The molecule has 1 atom stereocenters. The predicted molar refractivity (Wildman–Crippen MR) is 166 cm³/mol. The normalized spacial score (nSPS) is 19.7. The molecule has 0 amide bonds. The number of carbonyl (C=O) groups is 4. The highest BCUT2D eigenvalue weighted by molar-refractivity contribution is 6.24. The van der Waals surface area contributed by atoms with E-state index in [1.54, 1.807) is 6.92 Å². The van der Waals surface area contributed by atoms with Crippen LogP contribution in [0, 0.1) is 10.8 Å². The molecule has 46 heavy (non-hydrogen) atoms. The van der Waals surface area contributed by atoms with Crippen molar-refractivity contribution >= 4 is 23.1 Å². The van der Waals surface area contributed by atoms with Crippen LogP contribution in [0.2, 0.25) is 0 Å². The molecule has 250 valence electrons. The van der Waals surface area contributed by atoms with Crippen LogP contribution in [0.15, 0.2) is 45.3 Å². The molecule has 0 aromatic heterocycles. The van der Waals surface area contributed by atoms with Crippen molar-refractivity contribution in [2.24, 2.45) is 10.8 Å². The van der Waals surface area contributed by atoms with E-state index in [9.17, 15) is 60.0 Å². The van der Waals surface area contributed by atoms with Crippen LogP contribution >= 0.6 is 0 Å². The first-order valence-electron chi connectivity index (χ1n) is 15.1. The highest BCUT2D eigenvalue weighted by atomic mass is 16.3. The van der Waals surface area contributed by atoms with Gasteiger partial charge >= 0.3 is 0 Å². The van der Waals surface area contributed by atoms with Gasteiger partial charge in [0.15, 0.2) is 23.1 Å². The number of allylic oxidation sites excluding steroid dienone is 3. The van der Waals surface area contributed by atoms with Gasteiger partial charge in [0.05, 0.1) is 16.4 Å². The van der Waals surface area contributed by atoms with Crippen LogP contribution in [0.5, 0.6) is 17.2 Å². The van der Waals surface area contributed by atoms with Crippen molar-refractivity contribution in [3.8, 4) is 17.2 Å². The molecule has 0 spiro atoms. The average Bonchev–Trinajstić information content (AvgIpc) is 2.99. The molecule has 0 heterocycles. The van der Waals surface area contributed by atoms with Gasteiger partial charge in [-0.25, -0.2) is 0 Å². The fraction of sp³-hybridized carbons (Fsp3) is 0.471. The topological polar surface area (TPSA) is 230 Å². The molecule has 0 radical (unpaired) electrons. The number of benzene rings is 1. The molecular weight excluding hydrogens is 600 g/mol. The molecule has 0 saturated heterocycles. The first kappa shape index (κ1) is 35.9. The van der Waals surface area contributed by atoms with Gasteiger partial charge in [0.1, 0.15) is 57.5 Å². The molecule has 1 aromatic rings. The van der Waals surface area contributed by atoms with Crippen LogP contribution < -0.4 is 0 Å². The molecule has 3 rings (SSSR count).